The molecule has 2 heterocycles. The molecule has 0 spiro atoms. The Kier molecular flexibility index (Phi) is 4.83. The van der Waals surface area contributed by atoms with Crippen molar-refractivity contribution < 1.29 is 9.26 Å². The van der Waals surface area contributed by atoms with Gasteiger partial charge in [-0.1, -0.05) is 5.16 Å². The average molecular weight is 283 g/mol. The highest BCUT2D eigenvalue weighted by atomic mass is 32.1. The molecule has 104 valence electrons. The SMILES string of the molecule is COCCc1noc(CN(C)Cc2cnc(N)s2)n1. The molecule has 0 aliphatic heterocycles. The third kappa shape index (κ3) is 4.27. The standard InChI is InChI=1S/C11H17N5O2S/c1-16(6-8-5-13-11(12)19-8)7-10-14-9(15-18-10)3-4-17-2/h5H,3-4,6-7H2,1-2H3,(H2,12,13). The molecule has 0 aliphatic carbocycles. The van der Waals surface area contributed by atoms with Crippen molar-refractivity contribution in [2.45, 2.75) is 19.5 Å². The van der Waals surface area contributed by atoms with Crippen LogP contribution < -0.4 is 5.73 Å². The molecule has 0 aliphatic rings. The molecule has 8 heteroatoms. The predicted octanol–water partition coefficient (Wildman–Crippen LogP) is 0.929. The largest absolute Gasteiger partial charge is 0.384 e. The van der Waals surface area contributed by atoms with Crippen LogP contribution in [0.15, 0.2) is 10.7 Å². The monoisotopic (exact) mass is 283 g/mol. The van der Waals surface area contributed by atoms with Crippen LogP contribution in [0.5, 0.6) is 0 Å². The van der Waals surface area contributed by atoms with E-state index in [0.717, 1.165) is 11.4 Å². The summed E-state index contributed by atoms with van der Waals surface area (Å²) in [6.45, 7) is 1.94. The molecule has 0 bridgehead atoms. The molecule has 0 amide bonds. The van der Waals surface area contributed by atoms with Crippen molar-refractivity contribution >= 4 is 16.5 Å². The molecular weight excluding hydrogens is 266 g/mol. The summed E-state index contributed by atoms with van der Waals surface area (Å²) >= 11 is 1.48. The molecule has 0 unspecified atom stereocenters. The second kappa shape index (κ2) is 6.60. The number of nitrogens with zero attached hydrogens (tertiary/aromatic N) is 4. The van der Waals surface area contributed by atoms with Crippen LogP contribution in [0.1, 0.15) is 16.6 Å². The molecule has 0 saturated carbocycles. The van der Waals surface area contributed by atoms with Crippen LogP contribution in [-0.2, 0) is 24.2 Å². The molecule has 0 saturated heterocycles. The quantitative estimate of drug-likeness (QED) is 0.808. The highest BCUT2D eigenvalue weighted by molar-refractivity contribution is 7.15. The van der Waals surface area contributed by atoms with Gasteiger partial charge in [-0.25, -0.2) is 4.98 Å². The van der Waals surface area contributed by atoms with E-state index >= 15 is 0 Å². The van der Waals surface area contributed by atoms with Gasteiger partial charge in [-0.2, -0.15) is 4.98 Å². The highest BCUT2D eigenvalue weighted by Gasteiger charge is 2.10. The van der Waals surface area contributed by atoms with E-state index in [2.05, 4.69) is 20.0 Å². The van der Waals surface area contributed by atoms with E-state index in [1.54, 1.807) is 13.3 Å². The van der Waals surface area contributed by atoms with Crippen molar-refractivity contribution in [3.8, 4) is 0 Å². The van der Waals surface area contributed by atoms with Gasteiger partial charge >= 0.3 is 0 Å². The second-order valence-corrected chi connectivity index (χ2v) is 5.33. The summed E-state index contributed by atoms with van der Waals surface area (Å²) in [5.74, 6) is 1.28. The Bertz CT molecular complexity index is 513. The molecule has 19 heavy (non-hydrogen) atoms. The second-order valence-electron chi connectivity index (χ2n) is 4.18. The van der Waals surface area contributed by atoms with Crippen LogP contribution in [0.2, 0.25) is 0 Å². The third-order valence-electron chi connectivity index (χ3n) is 2.44. The van der Waals surface area contributed by atoms with Crippen LogP contribution in [0.3, 0.4) is 0 Å². The van der Waals surface area contributed by atoms with Gasteiger partial charge in [0.05, 0.1) is 13.2 Å². The first kappa shape index (κ1) is 13.9. The Morgan fingerprint density at radius 1 is 1.47 bits per heavy atom. The lowest BCUT2D eigenvalue weighted by atomic mass is 10.4. The van der Waals surface area contributed by atoms with Gasteiger partial charge in [-0.05, 0) is 7.05 Å². The number of rotatable bonds is 7. The summed E-state index contributed by atoms with van der Waals surface area (Å²) in [4.78, 5) is 11.5. The van der Waals surface area contributed by atoms with E-state index in [0.29, 0.717) is 36.4 Å². The predicted molar refractivity (Wildman–Crippen MR) is 71.6 cm³/mol. The minimum atomic E-state index is 0.586. The highest BCUT2D eigenvalue weighted by Crippen LogP contribution is 2.16. The van der Waals surface area contributed by atoms with Crippen molar-refractivity contribution in [1.29, 1.82) is 0 Å². The van der Waals surface area contributed by atoms with Gasteiger partial charge in [0.1, 0.15) is 0 Å². The zero-order valence-corrected chi connectivity index (χ0v) is 11.8. The average Bonchev–Trinajstić information content (AvgIpc) is 2.96. The van der Waals surface area contributed by atoms with Crippen molar-refractivity contribution in [2.75, 3.05) is 26.5 Å². The summed E-state index contributed by atoms with van der Waals surface area (Å²) in [6.07, 6.45) is 2.45. The minimum Gasteiger partial charge on any atom is -0.384 e. The first-order valence-electron chi connectivity index (χ1n) is 5.86. The van der Waals surface area contributed by atoms with E-state index in [9.17, 15) is 0 Å². The Balaban J connectivity index is 1.84. The maximum Gasteiger partial charge on any atom is 0.240 e. The van der Waals surface area contributed by atoms with Crippen LogP contribution in [-0.4, -0.2) is 40.8 Å². The number of anilines is 1. The molecular formula is C11H17N5O2S. The number of aromatic nitrogens is 3. The Hall–Kier alpha value is -1.51. The lowest BCUT2D eigenvalue weighted by Crippen LogP contribution is -2.16. The molecule has 2 rings (SSSR count). The van der Waals surface area contributed by atoms with E-state index in [1.165, 1.54) is 11.3 Å². The fraction of sp³-hybridized carbons (Fsp3) is 0.545. The number of nitrogens with two attached hydrogens (primary N) is 1. The Morgan fingerprint density at radius 3 is 3.00 bits per heavy atom. The summed E-state index contributed by atoms with van der Waals surface area (Å²) < 4.78 is 10.1. The van der Waals surface area contributed by atoms with Gasteiger partial charge in [-0.3, -0.25) is 4.90 Å². The topological polar surface area (TPSA) is 90.3 Å². The smallest absolute Gasteiger partial charge is 0.240 e. The van der Waals surface area contributed by atoms with Gasteiger partial charge in [0.25, 0.3) is 0 Å². The van der Waals surface area contributed by atoms with Crippen LogP contribution in [0, 0.1) is 0 Å². The number of hydrogen-bond donors (Lipinski definition) is 1. The number of methoxy groups -OCH3 is 1. The fourth-order valence-electron chi connectivity index (χ4n) is 1.60. The molecule has 0 atom stereocenters. The van der Waals surface area contributed by atoms with Gasteiger partial charge in [0, 0.05) is 31.1 Å². The summed E-state index contributed by atoms with van der Waals surface area (Å²) in [5, 5.41) is 4.48. The third-order valence-corrected chi connectivity index (χ3v) is 3.25. The van der Waals surface area contributed by atoms with Crippen molar-refractivity contribution in [3.63, 3.8) is 0 Å². The summed E-state index contributed by atoms with van der Waals surface area (Å²) in [6, 6.07) is 0. The molecule has 0 aromatic carbocycles. The van der Waals surface area contributed by atoms with Crippen molar-refractivity contribution in [1.82, 2.24) is 20.0 Å². The molecule has 0 radical (unpaired) electrons. The fourth-order valence-corrected chi connectivity index (χ4v) is 2.36. The molecule has 2 N–H and O–H groups in total. The van der Waals surface area contributed by atoms with E-state index in [4.69, 9.17) is 15.0 Å². The molecule has 2 aromatic rings. The maximum atomic E-state index is 5.59. The van der Waals surface area contributed by atoms with Crippen LogP contribution in [0.4, 0.5) is 5.13 Å². The van der Waals surface area contributed by atoms with E-state index < -0.39 is 0 Å². The Labute approximate surface area is 115 Å². The van der Waals surface area contributed by atoms with Crippen LogP contribution >= 0.6 is 11.3 Å². The van der Waals surface area contributed by atoms with Gasteiger partial charge in [0.2, 0.25) is 5.89 Å². The number of ether oxygens (including phenoxy) is 1. The van der Waals surface area contributed by atoms with E-state index in [1.807, 2.05) is 7.05 Å². The first-order chi connectivity index (χ1) is 9.17. The maximum absolute atomic E-state index is 5.59. The van der Waals surface area contributed by atoms with Crippen molar-refractivity contribution in [2.24, 2.45) is 0 Å². The number of thiazole rings is 1. The van der Waals surface area contributed by atoms with Gasteiger partial charge in [0.15, 0.2) is 11.0 Å². The molecule has 2 aromatic heterocycles. The summed E-state index contributed by atoms with van der Waals surface area (Å²) in [5.41, 5.74) is 5.59. The van der Waals surface area contributed by atoms with Crippen LogP contribution in [0.25, 0.3) is 0 Å². The van der Waals surface area contributed by atoms with Gasteiger partial charge in [-0.15, -0.1) is 11.3 Å². The normalized spacial score (nSPS) is 11.3. The lowest BCUT2D eigenvalue weighted by Gasteiger charge is -2.11. The zero-order chi connectivity index (χ0) is 13.7. The first-order valence-corrected chi connectivity index (χ1v) is 6.68. The zero-order valence-electron chi connectivity index (χ0n) is 11.0. The van der Waals surface area contributed by atoms with E-state index in [-0.39, 0.29) is 0 Å². The Morgan fingerprint density at radius 2 is 2.32 bits per heavy atom. The van der Waals surface area contributed by atoms with Crippen molar-refractivity contribution in [3.05, 3.63) is 22.8 Å². The minimum absolute atomic E-state index is 0.586. The lowest BCUT2D eigenvalue weighted by molar-refractivity contribution is 0.199. The molecule has 7 nitrogen and oxygen atoms in total. The van der Waals surface area contributed by atoms with Gasteiger partial charge < -0.3 is 15.0 Å². The number of nitrogen functional groups attached to an aromatic ring is 1. The number of hydrogen-bond acceptors (Lipinski definition) is 8. The summed E-state index contributed by atoms with van der Waals surface area (Å²) in [7, 11) is 3.63. The molecule has 0 fully saturated rings.